The predicted molar refractivity (Wildman–Crippen MR) is 93.5 cm³/mol. The van der Waals surface area contributed by atoms with Crippen LogP contribution in [0.25, 0.3) is 5.57 Å². The summed E-state index contributed by atoms with van der Waals surface area (Å²) in [5.41, 5.74) is 2.82. The molecule has 6 nitrogen and oxygen atoms in total. The van der Waals surface area contributed by atoms with Gasteiger partial charge in [-0.05, 0) is 34.9 Å². The SMILES string of the molecule is C=C(/C(Cc1ccc(S(N)(=O)=O)cc1)=C(/O)NC)c1cccnc1. The maximum atomic E-state index is 11.3. The van der Waals surface area contributed by atoms with Gasteiger partial charge in [0.25, 0.3) is 0 Å². The van der Waals surface area contributed by atoms with E-state index in [0.717, 1.165) is 11.1 Å². The third-order valence-corrected chi connectivity index (χ3v) is 4.46. The van der Waals surface area contributed by atoms with Gasteiger partial charge in [0.15, 0.2) is 5.88 Å². The van der Waals surface area contributed by atoms with Gasteiger partial charge in [-0.2, -0.15) is 0 Å². The van der Waals surface area contributed by atoms with E-state index in [1.54, 1.807) is 37.6 Å². The summed E-state index contributed by atoms with van der Waals surface area (Å²) in [4.78, 5) is 4.10. The summed E-state index contributed by atoms with van der Waals surface area (Å²) in [6, 6.07) is 9.81. The van der Waals surface area contributed by atoms with Crippen LogP contribution in [0.3, 0.4) is 0 Å². The molecule has 0 amide bonds. The highest BCUT2D eigenvalue weighted by Gasteiger charge is 2.13. The number of rotatable bonds is 6. The van der Waals surface area contributed by atoms with Gasteiger partial charge in [0, 0.05) is 31.4 Å². The standard InChI is InChI=1S/C17H19N3O3S/c1-12(14-4-3-9-20-11-14)16(17(21)19-2)10-13-5-7-15(8-6-13)24(18,22)23/h3-9,11,19,21H,1,10H2,2H3,(H2,18,22,23)/b17-16+. The maximum absolute atomic E-state index is 11.3. The first-order valence-corrected chi connectivity index (χ1v) is 8.69. The van der Waals surface area contributed by atoms with Crippen LogP contribution < -0.4 is 10.5 Å². The number of hydrogen-bond donors (Lipinski definition) is 3. The molecular formula is C17H19N3O3S. The van der Waals surface area contributed by atoms with E-state index in [1.165, 1.54) is 12.1 Å². The summed E-state index contributed by atoms with van der Waals surface area (Å²) in [7, 11) is -2.12. The molecule has 0 fully saturated rings. The second-order valence-corrected chi connectivity index (χ2v) is 6.72. The van der Waals surface area contributed by atoms with Gasteiger partial charge in [-0.15, -0.1) is 0 Å². The van der Waals surface area contributed by atoms with Crippen molar-refractivity contribution in [2.75, 3.05) is 7.05 Å². The van der Waals surface area contributed by atoms with Gasteiger partial charge >= 0.3 is 0 Å². The van der Waals surface area contributed by atoms with Crippen molar-refractivity contribution in [1.29, 1.82) is 0 Å². The van der Waals surface area contributed by atoms with Gasteiger partial charge in [-0.25, -0.2) is 13.6 Å². The van der Waals surface area contributed by atoms with Crippen molar-refractivity contribution >= 4 is 15.6 Å². The molecule has 24 heavy (non-hydrogen) atoms. The Bertz CT molecular complexity index is 858. The van der Waals surface area contributed by atoms with E-state index in [4.69, 9.17) is 5.14 Å². The molecule has 0 spiro atoms. The molecule has 0 saturated carbocycles. The molecule has 0 aliphatic heterocycles. The molecule has 0 saturated heterocycles. The Hall–Kier alpha value is -2.64. The van der Waals surface area contributed by atoms with E-state index >= 15 is 0 Å². The van der Waals surface area contributed by atoms with Crippen LogP contribution in [0.4, 0.5) is 0 Å². The number of aliphatic hydroxyl groups is 1. The number of primary sulfonamides is 1. The summed E-state index contributed by atoms with van der Waals surface area (Å²) < 4.78 is 22.6. The average molecular weight is 345 g/mol. The van der Waals surface area contributed by atoms with Crippen LogP contribution in [0.5, 0.6) is 0 Å². The lowest BCUT2D eigenvalue weighted by atomic mass is 9.95. The fourth-order valence-electron chi connectivity index (χ4n) is 2.20. The molecule has 4 N–H and O–H groups in total. The number of nitrogens with two attached hydrogens (primary N) is 1. The Morgan fingerprint density at radius 2 is 1.96 bits per heavy atom. The van der Waals surface area contributed by atoms with Crippen molar-refractivity contribution in [3.05, 3.63) is 78.0 Å². The van der Waals surface area contributed by atoms with Crippen molar-refractivity contribution in [1.82, 2.24) is 10.3 Å². The highest BCUT2D eigenvalue weighted by Crippen LogP contribution is 2.25. The van der Waals surface area contributed by atoms with Gasteiger partial charge in [0.1, 0.15) is 0 Å². The number of nitrogens with one attached hydrogen (secondary N) is 1. The number of sulfonamides is 1. The lowest BCUT2D eigenvalue weighted by Crippen LogP contribution is -2.12. The van der Waals surface area contributed by atoms with Crippen LogP contribution >= 0.6 is 0 Å². The fraction of sp³-hybridized carbons (Fsp3) is 0.118. The van der Waals surface area contributed by atoms with Crippen LogP contribution in [0, 0.1) is 0 Å². The van der Waals surface area contributed by atoms with Crippen molar-refractivity contribution in [2.45, 2.75) is 11.3 Å². The normalized spacial score (nSPS) is 12.4. The number of hydrogen-bond acceptors (Lipinski definition) is 5. The van der Waals surface area contributed by atoms with E-state index in [-0.39, 0.29) is 10.8 Å². The monoisotopic (exact) mass is 345 g/mol. The van der Waals surface area contributed by atoms with Crippen molar-refractivity contribution in [3.8, 4) is 0 Å². The Morgan fingerprint density at radius 3 is 2.46 bits per heavy atom. The minimum atomic E-state index is -3.73. The van der Waals surface area contributed by atoms with Gasteiger partial charge in [-0.3, -0.25) is 4.98 Å². The van der Waals surface area contributed by atoms with Crippen molar-refractivity contribution in [3.63, 3.8) is 0 Å². The molecule has 2 aromatic rings. The predicted octanol–water partition coefficient (Wildman–Crippen LogP) is 1.97. The molecule has 1 heterocycles. The Balaban J connectivity index is 2.33. The second kappa shape index (κ2) is 7.29. The first-order chi connectivity index (χ1) is 11.3. The number of nitrogens with zero attached hydrogens (tertiary/aromatic N) is 1. The molecule has 1 aromatic carbocycles. The number of benzene rings is 1. The second-order valence-electron chi connectivity index (χ2n) is 5.16. The number of allylic oxidation sites excluding steroid dienone is 2. The average Bonchev–Trinajstić information content (AvgIpc) is 2.59. The molecule has 1 aromatic heterocycles. The first kappa shape index (κ1) is 17.7. The first-order valence-electron chi connectivity index (χ1n) is 7.14. The lowest BCUT2D eigenvalue weighted by molar-refractivity contribution is 0.370. The topological polar surface area (TPSA) is 105 Å². The highest BCUT2D eigenvalue weighted by atomic mass is 32.2. The summed E-state index contributed by atoms with van der Waals surface area (Å²) in [6.07, 6.45) is 3.69. The van der Waals surface area contributed by atoms with E-state index in [1.807, 2.05) is 6.07 Å². The molecule has 126 valence electrons. The highest BCUT2D eigenvalue weighted by molar-refractivity contribution is 7.89. The molecule has 0 bridgehead atoms. The zero-order chi connectivity index (χ0) is 17.7. The number of aromatic nitrogens is 1. The van der Waals surface area contributed by atoms with Crippen LogP contribution in [0.2, 0.25) is 0 Å². The van der Waals surface area contributed by atoms with Gasteiger partial charge in [0.2, 0.25) is 10.0 Å². The number of pyridine rings is 1. The molecule has 2 rings (SSSR count). The summed E-state index contributed by atoms with van der Waals surface area (Å²) in [5.74, 6) is -0.000578. The van der Waals surface area contributed by atoms with E-state index in [2.05, 4.69) is 16.9 Å². The van der Waals surface area contributed by atoms with Crippen LogP contribution in [0.1, 0.15) is 11.1 Å². The zero-order valence-electron chi connectivity index (χ0n) is 13.2. The molecule has 0 aliphatic carbocycles. The van der Waals surface area contributed by atoms with Gasteiger partial charge in [0.05, 0.1) is 4.90 Å². The molecule has 0 unspecified atom stereocenters. The molecule has 0 atom stereocenters. The van der Waals surface area contributed by atoms with Crippen molar-refractivity contribution < 1.29 is 13.5 Å². The smallest absolute Gasteiger partial charge is 0.238 e. The van der Waals surface area contributed by atoms with E-state index in [9.17, 15) is 13.5 Å². The van der Waals surface area contributed by atoms with Crippen LogP contribution in [0.15, 0.2) is 71.7 Å². The quantitative estimate of drug-likeness (QED) is 0.548. The number of aliphatic hydroxyl groups excluding tert-OH is 1. The van der Waals surface area contributed by atoms with E-state index < -0.39 is 10.0 Å². The molecule has 0 aliphatic rings. The Kier molecular flexibility index (Phi) is 5.38. The Labute approximate surface area is 141 Å². The maximum Gasteiger partial charge on any atom is 0.238 e. The summed E-state index contributed by atoms with van der Waals surface area (Å²) in [6.45, 7) is 4.03. The Morgan fingerprint density at radius 1 is 1.29 bits per heavy atom. The van der Waals surface area contributed by atoms with Crippen molar-refractivity contribution in [2.24, 2.45) is 5.14 Å². The molecule has 0 radical (unpaired) electrons. The third-order valence-electron chi connectivity index (χ3n) is 3.53. The molecular weight excluding hydrogens is 326 g/mol. The van der Waals surface area contributed by atoms with Crippen LogP contribution in [-0.4, -0.2) is 25.6 Å². The third kappa shape index (κ3) is 4.21. The van der Waals surface area contributed by atoms with Crippen LogP contribution in [-0.2, 0) is 16.4 Å². The molecule has 7 heteroatoms. The lowest BCUT2D eigenvalue weighted by Gasteiger charge is -2.14. The fourth-order valence-corrected chi connectivity index (χ4v) is 2.72. The zero-order valence-corrected chi connectivity index (χ0v) is 14.0. The van der Waals surface area contributed by atoms with E-state index in [0.29, 0.717) is 17.6 Å². The minimum Gasteiger partial charge on any atom is -0.495 e. The minimum absolute atomic E-state index is 0.000578. The summed E-state index contributed by atoms with van der Waals surface area (Å²) in [5, 5.41) is 18.0. The summed E-state index contributed by atoms with van der Waals surface area (Å²) >= 11 is 0. The largest absolute Gasteiger partial charge is 0.495 e. The van der Waals surface area contributed by atoms with Gasteiger partial charge in [-0.1, -0.05) is 24.8 Å². The van der Waals surface area contributed by atoms with Gasteiger partial charge < -0.3 is 10.4 Å².